The zero-order valence-corrected chi connectivity index (χ0v) is 11.9. The molecular formula is C15H23N5. The van der Waals surface area contributed by atoms with E-state index in [0.717, 1.165) is 42.4 Å². The molecule has 0 spiro atoms. The molecule has 0 radical (unpaired) electrons. The van der Waals surface area contributed by atoms with Crippen LogP contribution in [0.2, 0.25) is 0 Å². The summed E-state index contributed by atoms with van der Waals surface area (Å²) in [6, 6.07) is 2.01. The van der Waals surface area contributed by atoms with Crippen LogP contribution in [0.15, 0.2) is 6.07 Å². The minimum absolute atomic E-state index is 0.561. The molecule has 5 heteroatoms. The van der Waals surface area contributed by atoms with Crippen LogP contribution < -0.4 is 16.2 Å². The molecule has 3 fully saturated rings. The van der Waals surface area contributed by atoms with Crippen molar-refractivity contribution in [2.75, 3.05) is 23.4 Å². The predicted octanol–water partition coefficient (Wildman–Crippen LogP) is 2.27. The Bertz CT molecular complexity index is 477. The molecule has 4 rings (SSSR count). The first-order valence-electron chi connectivity index (χ1n) is 7.92. The first kappa shape index (κ1) is 12.4. The number of hydrazine groups is 1. The van der Waals surface area contributed by atoms with Crippen molar-refractivity contribution in [3.8, 4) is 0 Å². The SMILES string of the molecule is NNc1cc(N(CC2CC2)CC2CC2)nc(C2CC2)n1. The molecule has 1 aromatic rings. The molecule has 0 unspecified atom stereocenters. The maximum Gasteiger partial charge on any atom is 0.145 e. The number of rotatable bonds is 7. The van der Waals surface area contributed by atoms with Crippen LogP contribution >= 0.6 is 0 Å². The maximum absolute atomic E-state index is 5.58. The Balaban J connectivity index is 1.59. The van der Waals surface area contributed by atoms with E-state index >= 15 is 0 Å². The molecule has 1 aromatic heterocycles. The molecule has 3 aliphatic carbocycles. The van der Waals surface area contributed by atoms with E-state index in [9.17, 15) is 0 Å². The third kappa shape index (κ3) is 2.87. The van der Waals surface area contributed by atoms with Gasteiger partial charge in [0.15, 0.2) is 0 Å². The molecule has 3 N–H and O–H groups in total. The van der Waals surface area contributed by atoms with Crippen molar-refractivity contribution >= 4 is 11.6 Å². The van der Waals surface area contributed by atoms with Gasteiger partial charge in [0.2, 0.25) is 0 Å². The van der Waals surface area contributed by atoms with Crippen molar-refractivity contribution in [3.05, 3.63) is 11.9 Å². The number of nitrogens with zero attached hydrogens (tertiary/aromatic N) is 3. The van der Waals surface area contributed by atoms with Gasteiger partial charge < -0.3 is 10.3 Å². The van der Waals surface area contributed by atoms with Crippen molar-refractivity contribution in [2.24, 2.45) is 17.7 Å². The highest BCUT2D eigenvalue weighted by Crippen LogP contribution is 2.40. The lowest BCUT2D eigenvalue weighted by Crippen LogP contribution is -2.29. The first-order valence-corrected chi connectivity index (χ1v) is 7.92. The average molecular weight is 273 g/mol. The van der Waals surface area contributed by atoms with Crippen molar-refractivity contribution < 1.29 is 0 Å². The molecule has 0 amide bonds. The molecule has 3 saturated carbocycles. The van der Waals surface area contributed by atoms with Crippen LogP contribution in [-0.4, -0.2) is 23.1 Å². The molecule has 0 atom stereocenters. The summed E-state index contributed by atoms with van der Waals surface area (Å²) in [5.41, 5.74) is 2.71. The van der Waals surface area contributed by atoms with Gasteiger partial charge in [0.25, 0.3) is 0 Å². The van der Waals surface area contributed by atoms with Crippen molar-refractivity contribution in [1.82, 2.24) is 9.97 Å². The van der Waals surface area contributed by atoms with Gasteiger partial charge in [0, 0.05) is 25.1 Å². The van der Waals surface area contributed by atoms with Gasteiger partial charge in [-0.1, -0.05) is 0 Å². The van der Waals surface area contributed by atoms with Gasteiger partial charge in [0.1, 0.15) is 17.5 Å². The summed E-state index contributed by atoms with van der Waals surface area (Å²) in [5, 5.41) is 0. The number of hydrogen-bond acceptors (Lipinski definition) is 5. The highest BCUT2D eigenvalue weighted by Gasteiger charge is 2.32. The number of nitrogen functional groups attached to an aromatic ring is 1. The average Bonchev–Trinajstić information content (AvgIpc) is 3.29. The largest absolute Gasteiger partial charge is 0.356 e. The number of anilines is 2. The Morgan fingerprint density at radius 3 is 2.20 bits per heavy atom. The highest BCUT2D eigenvalue weighted by molar-refractivity contribution is 5.50. The molecule has 20 heavy (non-hydrogen) atoms. The summed E-state index contributed by atoms with van der Waals surface area (Å²) in [4.78, 5) is 11.8. The van der Waals surface area contributed by atoms with Crippen molar-refractivity contribution in [2.45, 2.75) is 44.4 Å². The molecular weight excluding hydrogens is 250 g/mol. The summed E-state index contributed by atoms with van der Waals surface area (Å²) in [5.74, 6) is 10.7. The van der Waals surface area contributed by atoms with Crippen LogP contribution in [0.4, 0.5) is 11.6 Å². The van der Waals surface area contributed by atoms with E-state index in [1.165, 1.54) is 38.5 Å². The van der Waals surface area contributed by atoms with E-state index in [4.69, 9.17) is 10.8 Å². The summed E-state index contributed by atoms with van der Waals surface area (Å²) in [6.45, 7) is 2.31. The Kier molecular flexibility index (Phi) is 3.02. The zero-order valence-electron chi connectivity index (χ0n) is 11.9. The minimum Gasteiger partial charge on any atom is -0.356 e. The molecule has 0 saturated heterocycles. The number of aromatic nitrogens is 2. The van der Waals surface area contributed by atoms with Gasteiger partial charge >= 0.3 is 0 Å². The molecule has 1 heterocycles. The monoisotopic (exact) mass is 273 g/mol. The van der Waals surface area contributed by atoms with E-state index in [1.807, 2.05) is 6.07 Å². The lowest BCUT2D eigenvalue weighted by atomic mass is 10.3. The number of hydrogen-bond donors (Lipinski definition) is 2. The van der Waals surface area contributed by atoms with Crippen LogP contribution in [0, 0.1) is 11.8 Å². The zero-order chi connectivity index (χ0) is 13.5. The predicted molar refractivity (Wildman–Crippen MR) is 79.5 cm³/mol. The highest BCUT2D eigenvalue weighted by atomic mass is 15.3. The second-order valence-electron chi connectivity index (χ2n) is 6.68. The lowest BCUT2D eigenvalue weighted by molar-refractivity contribution is 0.667. The van der Waals surface area contributed by atoms with Crippen LogP contribution in [0.5, 0.6) is 0 Å². The van der Waals surface area contributed by atoms with Crippen LogP contribution in [-0.2, 0) is 0 Å². The standard InChI is InChI=1S/C15H23N5/c16-19-13-7-14(18-15(17-13)12-5-6-12)20(8-10-1-2-10)9-11-3-4-11/h7,10-12H,1-6,8-9,16H2,(H,17,18,19). The second-order valence-corrected chi connectivity index (χ2v) is 6.68. The molecule has 3 aliphatic rings. The first-order chi connectivity index (χ1) is 9.81. The van der Waals surface area contributed by atoms with Gasteiger partial charge in [-0.05, 0) is 50.4 Å². The Morgan fingerprint density at radius 2 is 1.70 bits per heavy atom. The summed E-state index contributed by atoms with van der Waals surface area (Å²) in [6.07, 6.45) is 7.96. The Labute approximate surface area is 119 Å². The normalized spacial score (nSPS) is 21.9. The minimum atomic E-state index is 0.561. The third-order valence-corrected chi connectivity index (χ3v) is 4.50. The van der Waals surface area contributed by atoms with E-state index < -0.39 is 0 Å². The van der Waals surface area contributed by atoms with Crippen molar-refractivity contribution in [3.63, 3.8) is 0 Å². The fourth-order valence-electron chi connectivity index (χ4n) is 2.70. The summed E-state index contributed by atoms with van der Waals surface area (Å²) >= 11 is 0. The topological polar surface area (TPSA) is 67.1 Å². The lowest BCUT2D eigenvalue weighted by Gasteiger charge is -2.24. The Morgan fingerprint density at radius 1 is 1.05 bits per heavy atom. The molecule has 0 aromatic carbocycles. The number of nitrogens with one attached hydrogen (secondary N) is 1. The second kappa shape index (κ2) is 4.88. The quantitative estimate of drug-likeness (QED) is 0.589. The van der Waals surface area contributed by atoms with Crippen molar-refractivity contribution in [1.29, 1.82) is 0 Å². The van der Waals surface area contributed by atoms with E-state index in [2.05, 4.69) is 15.3 Å². The van der Waals surface area contributed by atoms with E-state index in [0.29, 0.717) is 5.92 Å². The van der Waals surface area contributed by atoms with Gasteiger partial charge in [-0.15, -0.1) is 0 Å². The van der Waals surface area contributed by atoms with Crippen LogP contribution in [0.1, 0.15) is 50.3 Å². The van der Waals surface area contributed by atoms with Gasteiger partial charge in [-0.2, -0.15) is 0 Å². The third-order valence-electron chi connectivity index (χ3n) is 4.50. The van der Waals surface area contributed by atoms with Gasteiger partial charge in [-0.25, -0.2) is 15.8 Å². The number of nitrogens with two attached hydrogens (primary N) is 1. The molecule has 108 valence electrons. The summed E-state index contributed by atoms with van der Waals surface area (Å²) < 4.78 is 0. The smallest absolute Gasteiger partial charge is 0.145 e. The van der Waals surface area contributed by atoms with E-state index in [-0.39, 0.29) is 0 Å². The molecule has 0 aliphatic heterocycles. The van der Waals surface area contributed by atoms with Crippen LogP contribution in [0.3, 0.4) is 0 Å². The van der Waals surface area contributed by atoms with Gasteiger partial charge in [0.05, 0.1) is 0 Å². The fraction of sp³-hybridized carbons (Fsp3) is 0.733. The van der Waals surface area contributed by atoms with Crippen LogP contribution in [0.25, 0.3) is 0 Å². The molecule has 5 nitrogen and oxygen atoms in total. The summed E-state index contributed by atoms with van der Waals surface area (Å²) in [7, 11) is 0. The van der Waals surface area contributed by atoms with E-state index in [1.54, 1.807) is 0 Å². The fourth-order valence-corrected chi connectivity index (χ4v) is 2.70. The molecule has 0 bridgehead atoms. The maximum atomic E-state index is 5.58. The van der Waals surface area contributed by atoms with Gasteiger partial charge in [-0.3, -0.25) is 0 Å². The Hall–Kier alpha value is -1.36.